The fourth-order valence-corrected chi connectivity index (χ4v) is 1.93. The van der Waals surface area contributed by atoms with Gasteiger partial charge < -0.3 is 15.4 Å². The van der Waals surface area contributed by atoms with Gasteiger partial charge in [0.05, 0.1) is 23.0 Å². The number of nitrogens with two attached hydrogens (primary N) is 1. The molecule has 96 valence electrons. The molecule has 1 aromatic rings. The smallest absolute Gasteiger partial charge is 0.0741 e. The monoisotopic (exact) mass is 256 g/mol. The highest BCUT2D eigenvalue weighted by molar-refractivity contribution is 6.33. The highest BCUT2D eigenvalue weighted by Crippen LogP contribution is 2.31. The topological polar surface area (TPSA) is 38.5 Å². The molecule has 0 aliphatic rings. The first-order chi connectivity index (χ1) is 8.11. The fourth-order valence-electron chi connectivity index (χ4n) is 1.76. The number of rotatable bonds is 6. The molecule has 1 aromatic carbocycles. The first-order valence-electron chi connectivity index (χ1n) is 5.91. The Morgan fingerprint density at radius 2 is 2.18 bits per heavy atom. The SMILES string of the molecule is CCC(C)N(CCOC)c1cccc(Cl)c1N. The van der Waals surface area contributed by atoms with Crippen LogP contribution in [0.4, 0.5) is 11.4 Å². The molecule has 4 heteroatoms. The molecule has 0 saturated heterocycles. The number of benzene rings is 1. The third-order valence-corrected chi connectivity index (χ3v) is 3.33. The van der Waals surface area contributed by atoms with Crippen LogP contribution in [0.5, 0.6) is 0 Å². The van der Waals surface area contributed by atoms with Crippen LogP contribution in [0.1, 0.15) is 20.3 Å². The van der Waals surface area contributed by atoms with Gasteiger partial charge in [0.15, 0.2) is 0 Å². The Labute approximate surface area is 109 Å². The van der Waals surface area contributed by atoms with Crippen LogP contribution in [-0.2, 0) is 4.74 Å². The van der Waals surface area contributed by atoms with Gasteiger partial charge in [0, 0.05) is 19.7 Å². The number of para-hydroxylation sites is 1. The van der Waals surface area contributed by atoms with Gasteiger partial charge in [-0.25, -0.2) is 0 Å². The third kappa shape index (κ3) is 3.51. The maximum atomic E-state index is 6.06. The van der Waals surface area contributed by atoms with Crippen LogP contribution in [0.3, 0.4) is 0 Å². The van der Waals surface area contributed by atoms with Crippen molar-refractivity contribution < 1.29 is 4.74 Å². The van der Waals surface area contributed by atoms with Gasteiger partial charge in [0.2, 0.25) is 0 Å². The number of nitrogens with zero attached hydrogens (tertiary/aromatic N) is 1. The van der Waals surface area contributed by atoms with E-state index in [1.807, 2.05) is 18.2 Å². The maximum Gasteiger partial charge on any atom is 0.0741 e. The van der Waals surface area contributed by atoms with Crippen LogP contribution in [0, 0.1) is 0 Å². The molecule has 17 heavy (non-hydrogen) atoms. The summed E-state index contributed by atoms with van der Waals surface area (Å²) < 4.78 is 5.14. The maximum absolute atomic E-state index is 6.06. The molecule has 0 fully saturated rings. The molecule has 0 aromatic heterocycles. The number of hydrogen-bond donors (Lipinski definition) is 1. The Kier molecular flexibility index (Phi) is 5.59. The summed E-state index contributed by atoms with van der Waals surface area (Å²) in [4.78, 5) is 2.24. The molecule has 0 aliphatic carbocycles. The van der Waals surface area contributed by atoms with Crippen molar-refractivity contribution in [2.45, 2.75) is 26.3 Å². The Hall–Kier alpha value is -0.930. The molecule has 1 atom stereocenters. The summed E-state index contributed by atoms with van der Waals surface area (Å²) in [5.41, 5.74) is 7.67. The number of ether oxygens (including phenoxy) is 1. The Morgan fingerprint density at radius 1 is 1.47 bits per heavy atom. The van der Waals surface area contributed by atoms with Gasteiger partial charge >= 0.3 is 0 Å². The third-order valence-electron chi connectivity index (χ3n) is 3.00. The zero-order valence-electron chi connectivity index (χ0n) is 10.7. The van der Waals surface area contributed by atoms with E-state index in [1.165, 1.54) is 0 Å². The molecular formula is C13H21ClN2O. The highest BCUT2D eigenvalue weighted by Gasteiger charge is 2.16. The summed E-state index contributed by atoms with van der Waals surface area (Å²) in [5, 5.41) is 0.605. The molecule has 1 rings (SSSR count). The zero-order valence-corrected chi connectivity index (χ0v) is 11.5. The summed E-state index contributed by atoms with van der Waals surface area (Å²) in [6.45, 7) is 5.83. The summed E-state index contributed by atoms with van der Waals surface area (Å²) in [5.74, 6) is 0. The second-order valence-corrected chi connectivity index (χ2v) is 4.52. The first-order valence-corrected chi connectivity index (χ1v) is 6.29. The van der Waals surface area contributed by atoms with Crippen molar-refractivity contribution in [3.8, 4) is 0 Å². The van der Waals surface area contributed by atoms with Gasteiger partial charge in [-0.05, 0) is 25.5 Å². The van der Waals surface area contributed by atoms with Crippen LogP contribution in [-0.4, -0.2) is 26.3 Å². The van der Waals surface area contributed by atoms with Crippen LogP contribution in [0.2, 0.25) is 5.02 Å². The number of nitrogen functional groups attached to an aromatic ring is 1. The molecule has 0 bridgehead atoms. The largest absolute Gasteiger partial charge is 0.396 e. The van der Waals surface area contributed by atoms with Crippen molar-refractivity contribution in [2.75, 3.05) is 30.9 Å². The van der Waals surface area contributed by atoms with Gasteiger partial charge in [-0.3, -0.25) is 0 Å². The summed E-state index contributed by atoms with van der Waals surface area (Å²) >= 11 is 6.06. The van der Waals surface area contributed by atoms with E-state index in [9.17, 15) is 0 Å². The van der Waals surface area contributed by atoms with E-state index in [2.05, 4.69) is 18.7 Å². The minimum atomic E-state index is 0.408. The molecule has 1 unspecified atom stereocenters. The van der Waals surface area contributed by atoms with E-state index in [-0.39, 0.29) is 0 Å². The quantitative estimate of drug-likeness (QED) is 0.795. The Bertz CT molecular complexity index is 357. The van der Waals surface area contributed by atoms with Crippen molar-refractivity contribution in [3.05, 3.63) is 23.2 Å². The molecule has 0 saturated carbocycles. The minimum Gasteiger partial charge on any atom is -0.396 e. The van der Waals surface area contributed by atoms with E-state index < -0.39 is 0 Å². The van der Waals surface area contributed by atoms with Gasteiger partial charge in [0.25, 0.3) is 0 Å². The molecule has 0 aliphatic heterocycles. The average Bonchev–Trinajstić information content (AvgIpc) is 2.34. The first kappa shape index (κ1) is 14.1. The van der Waals surface area contributed by atoms with Crippen LogP contribution in [0.15, 0.2) is 18.2 Å². The van der Waals surface area contributed by atoms with E-state index in [4.69, 9.17) is 22.1 Å². The molecule has 0 amide bonds. The molecule has 0 heterocycles. The van der Waals surface area contributed by atoms with Crippen LogP contribution >= 0.6 is 11.6 Å². The standard InChI is InChI=1S/C13H21ClN2O/c1-4-10(2)16(8-9-17-3)12-7-5-6-11(14)13(12)15/h5-7,10H,4,8-9,15H2,1-3H3. The van der Waals surface area contributed by atoms with E-state index in [0.717, 1.165) is 18.7 Å². The van der Waals surface area contributed by atoms with Crippen molar-refractivity contribution in [3.63, 3.8) is 0 Å². The lowest BCUT2D eigenvalue weighted by Gasteiger charge is -2.31. The lowest BCUT2D eigenvalue weighted by atomic mass is 10.1. The van der Waals surface area contributed by atoms with E-state index in [0.29, 0.717) is 23.4 Å². The van der Waals surface area contributed by atoms with E-state index in [1.54, 1.807) is 7.11 Å². The molecular weight excluding hydrogens is 236 g/mol. The number of methoxy groups -OCH3 is 1. The summed E-state index contributed by atoms with van der Waals surface area (Å²) in [7, 11) is 1.70. The lowest BCUT2D eigenvalue weighted by molar-refractivity contribution is 0.203. The van der Waals surface area contributed by atoms with Crippen molar-refractivity contribution in [1.82, 2.24) is 0 Å². The van der Waals surface area contributed by atoms with Crippen LogP contribution < -0.4 is 10.6 Å². The lowest BCUT2D eigenvalue weighted by Crippen LogP contribution is -2.36. The number of anilines is 2. The minimum absolute atomic E-state index is 0.408. The van der Waals surface area contributed by atoms with Crippen LogP contribution in [0.25, 0.3) is 0 Å². The predicted octanol–water partition coefficient (Wildman–Crippen LogP) is 3.17. The average molecular weight is 257 g/mol. The molecule has 0 radical (unpaired) electrons. The molecule has 2 N–H and O–H groups in total. The van der Waals surface area contributed by atoms with E-state index >= 15 is 0 Å². The number of halogens is 1. The second kappa shape index (κ2) is 6.72. The summed E-state index contributed by atoms with van der Waals surface area (Å²) in [6, 6.07) is 6.15. The normalized spacial score (nSPS) is 12.5. The van der Waals surface area contributed by atoms with Gasteiger partial charge in [-0.1, -0.05) is 24.6 Å². The Balaban J connectivity index is 2.99. The van der Waals surface area contributed by atoms with Gasteiger partial charge in [-0.2, -0.15) is 0 Å². The molecule has 0 spiro atoms. The highest BCUT2D eigenvalue weighted by atomic mass is 35.5. The second-order valence-electron chi connectivity index (χ2n) is 4.12. The zero-order chi connectivity index (χ0) is 12.8. The van der Waals surface area contributed by atoms with Gasteiger partial charge in [-0.15, -0.1) is 0 Å². The molecule has 3 nitrogen and oxygen atoms in total. The Morgan fingerprint density at radius 3 is 2.76 bits per heavy atom. The number of hydrogen-bond acceptors (Lipinski definition) is 3. The van der Waals surface area contributed by atoms with Gasteiger partial charge in [0.1, 0.15) is 0 Å². The van der Waals surface area contributed by atoms with Crippen molar-refractivity contribution in [1.29, 1.82) is 0 Å². The fraction of sp³-hybridized carbons (Fsp3) is 0.538. The predicted molar refractivity (Wildman–Crippen MR) is 74.8 cm³/mol. The van der Waals surface area contributed by atoms with Crippen molar-refractivity contribution in [2.24, 2.45) is 0 Å². The summed E-state index contributed by atoms with van der Waals surface area (Å²) in [6.07, 6.45) is 1.05. The van der Waals surface area contributed by atoms with Crippen molar-refractivity contribution >= 4 is 23.0 Å².